The molecule has 0 aromatic rings. The first kappa shape index (κ1) is 17.9. The molecule has 120 valence electrons. The highest BCUT2D eigenvalue weighted by Crippen LogP contribution is 2.20. The largest absolute Gasteiger partial charge is 0.385 e. The summed E-state index contributed by atoms with van der Waals surface area (Å²) in [5, 5.41) is 3.39. The first-order chi connectivity index (χ1) is 9.47. The Bertz CT molecular complexity index is 357. The smallest absolute Gasteiger partial charge is 0.214 e. The van der Waals surface area contributed by atoms with Crippen LogP contribution in [0.4, 0.5) is 0 Å². The van der Waals surface area contributed by atoms with Crippen LogP contribution >= 0.6 is 0 Å². The highest BCUT2D eigenvalue weighted by Gasteiger charge is 2.31. The van der Waals surface area contributed by atoms with Crippen molar-refractivity contribution in [1.82, 2.24) is 9.62 Å². The van der Waals surface area contributed by atoms with Gasteiger partial charge in [-0.3, -0.25) is 0 Å². The van der Waals surface area contributed by atoms with E-state index in [-0.39, 0.29) is 11.8 Å². The molecule has 0 spiro atoms. The molecule has 0 saturated carbocycles. The molecule has 6 heteroatoms. The zero-order valence-corrected chi connectivity index (χ0v) is 13.9. The number of ether oxygens (including phenoxy) is 1. The van der Waals surface area contributed by atoms with Gasteiger partial charge in [0.15, 0.2) is 0 Å². The molecule has 1 rings (SSSR count). The van der Waals surface area contributed by atoms with Gasteiger partial charge in [-0.25, -0.2) is 8.42 Å². The van der Waals surface area contributed by atoms with Gasteiger partial charge >= 0.3 is 0 Å². The monoisotopic (exact) mass is 306 g/mol. The molecule has 1 aliphatic rings. The topological polar surface area (TPSA) is 58.6 Å². The molecule has 0 aromatic carbocycles. The summed E-state index contributed by atoms with van der Waals surface area (Å²) in [6, 6.07) is 0.120. The third-order valence-electron chi connectivity index (χ3n) is 3.61. The van der Waals surface area contributed by atoms with Gasteiger partial charge in [-0.2, -0.15) is 4.31 Å². The molecule has 5 nitrogen and oxygen atoms in total. The Labute approximate surface area is 124 Å². The van der Waals surface area contributed by atoms with Crippen molar-refractivity contribution in [1.29, 1.82) is 0 Å². The summed E-state index contributed by atoms with van der Waals surface area (Å²) in [7, 11) is -1.54. The van der Waals surface area contributed by atoms with Crippen molar-refractivity contribution in [2.75, 3.05) is 39.1 Å². The maximum atomic E-state index is 12.4. The molecule has 1 unspecified atom stereocenters. The van der Waals surface area contributed by atoms with E-state index in [2.05, 4.69) is 19.2 Å². The summed E-state index contributed by atoms with van der Waals surface area (Å²) < 4.78 is 31.5. The van der Waals surface area contributed by atoms with E-state index in [1.807, 2.05) is 0 Å². The fourth-order valence-electron chi connectivity index (χ4n) is 2.59. The predicted octanol–water partition coefficient (Wildman–Crippen LogP) is 1.45. The van der Waals surface area contributed by atoms with Crippen LogP contribution in [0, 0.1) is 5.92 Å². The molecule has 0 aromatic heterocycles. The zero-order chi connectivity index (χ0) is 15.0. The highest BCUT2D eigenvalue weighted by atomic mass is 32.2. The van der Waals surface area contributed by atoms with Crippen LogP contribution in [0.2, 0.25) is 0 Å². The molecule has 1 heterocycles. The first-order valence-electron chi connectivity index (χ1n) is 7.66. The Balaban J connectivity index is 2.53. The van der Waals surface area contributed by atoms with Crippen LogP contribution in [0.25, 0.3) is 0 Å². The summed E-state index contributed by atoms with van der Waals surface area (Å²) in [6.45, 7) is 7.20. The second-order valence-corrected chi connectivity index (χ2v) is 8.02. The van der Waals surface area contributed by atoms with Crippen LogP contribution in [0.3, 0.4) is 0 Å². The van der Waals surface area contributed by atoms with Crippen molar-refractivity contribution in [3.63, 3.8) is 0 Å². The van der Waals surface area contributed by atoms with E-state index in [9.17, 15) is 8.42 Å². The van der Waals surface area contributed by atoms with Gasteiger partial charge in [-0.05, 0) is 31.7 Å². The van der Waals surface area contributed by atoms with Crippen LogP contribution in [0.5, 0.6) is 0 Å². The fraction of sp³-hybridized carbons (Fsp3) is 1.00. The van der Waals surface area contributed by atoms with Crippen molar-refractivity contribution in [2.24, 2.45) is 5.92 Å². The van der Waals surface area contributed by atoms with Crippen molar-refractivity contribution < 1.29 is 13.2 Å². The first-order valence-corrected chi connectivity index (χ1v) is 9.27. The molecular weight excluding hydrogens is 276 g/mol. The van der Waals surface area contributed by atoms with Crippen LogP contribution in [-0.2, 0) is 14.8 Å². The van der Waals surface area contributed by atoms with Gasteiger partial charge in [-0.15, -0.1) is 0 Å². The summed E-state index contributed by atoms with van der Waals surface area (Å²) in [5.74, 6) is 0.784. The lowest BCUT2D eigenvalue weighted by atomic mass is 10.0. The average molecular weight is 306 g/mol. The fourth-order valence-corrected chi connectivity index (χ4v) is 4.34. The van der Waals surface area contributed by atoms with Crippen molar-refractivity contribution in [2.45, 2.75) is 45.6 Å². The normalized spacial score (nSPS) is 21.5. The average Bonchev–Trinajstić information content (AvgIpc) is 2.39. The van der Waals surface area contributed by atoms with Gasteiger partial charge in [0.25, 0.3) is 0 Å². The molecule has 1 N–H and O–H groups in total. The number of hydrogen-bond donors (Lipinski definition) is 1. The van der Waals surface area contributed by atoms with Crippen LogP contribution < -0.4 is 5.32 Å². The summed E-state index contributed by atoms with van der Waals surface area (Å²) in [4.78, 5) is 0. The summed E-state index contributed by atoms with van der Waals surface area (Å²) in [5.41, 5.74) is 0. The highest BCUT2D eigenvalue weighted by molar-refractivity contribution is 7.89. The lowest BCUT2D eigenvalue weighted by Crippen LogP contribution is -2.49. The molecule has 0 aliphatic carbocycles. The standard InChI is InChI=1S/C14H30N2O3S/c1-13(2)11-15-12-14-7-4-5-8-16(14)20(17,18)10-6-9-19-3/h13-15H,4-12H2,1-3H3. The van der Waals surface area contributed by atoms with Crippen LogP contribution in [0.1, 0.15) is 39.5 Å². The number of piperidine rings is 1. The molecule has 1 aliphatic heterocycles. The molecule has 1 fully saturated rings. The molecule has 1 saturated heterocycles. The lowest BCUT2D eigenvalue weighted by molar-refractivity contribution is 0.198. The molecule has 1 atom stereocenters. The third kappa shape index (κ3) is 6.08. The van der Waals surface area contributed by atoms with E-state index in [4.69, 9.17) is 4.74 Å². The van der Waals surface area contributed by atoms with E-state index in [0.717, 1.165) is 32.4 Å². The van der Waals surface area contributed by atoms with Gasteiger partial charge in [-0.1, -0.05) is 20.3 Å². The van der Waals surface area contributed by atoms with E-state index in [1.165, 1.54) is 0 Å². The van der Waals surface area contributed by atoms with Crippen molar-refractivity contribution >= 4 is 10.0 Å². The number of methoxy groups -OCH3 is 1. The molecule has 20 heavy (non-hydrogen) atoms. The third-order valence-corrected chi connectivity index (χ3v) is 5.61. The predicted molar refractivity (Wildman–Crippen MR) is 82.3 cm³/mol. The maximum absolute atomic E-state index is 12.4. The number of rotatable bonds is 9. The Morgan fingerprint density at radius 1 is 1.35 bits per heavy atom. The number of sulfonamides is 1. The summed E-state index contributed by atoms with van der Waals surface area (Å²) in [6.07, 6.45) is 3.64. The quantitative estimate of drug-likeness (QED) is 0.655. The van der Waals surface area contributed by atoms with E-state index >= 15 is 0 Å². The summed E-state index contributed by atoms with van der Waals surface area (Å²) >= 11 is 0. The van der Waals surface area contributed by atoms with E-state index in [0.29, 0.717) is 25.5 Å². The minimum atomic E-state index is -3.14. The Kier molecular flexibility index (Phi) is 8.02. The van der Waals surface area contributed by atoms with Gasteiger partial charge in [0.1, 0.15) is 0 Å². The zero-order valence-electron chi connectivity index (χ0n) is 13.1. The second-order valence-electron chi connectivity index (χ2n) is 5.97. The van der Waals surface area contributed by atoms with Crippen molar-refractivity contribution in [3.8, 4) is 0 Å². The van der Waals surface area contributed by atoms with Crippen LogP contribution in [-0.4, -0.2) is 57.9 Å². The van der Waals surface area contributed by atoms with E-state index in [1.54, 1.807) is 11.4 Å². The second kappa shape index (κ2) is 8.97. The van der Waals surface area contributed by atoms with E-state index < -0.39 is 10.0 Å². The number of nitrogens with zero attached hydrogens (tertiary/aromatic N) is 1. The van der Waals surface area contributed by atoms with Gasteiger partial charge in [0, 0.05) is 32.8 Å². The van der Waals surface area contributed by atoms with Crippen LogP contribution in [0.15, 0.2) is 0 Å². The maximum Gasteiger partial charge on any atom is 0.214 e. The van der Waals surface area contributed by atoms with Gasteiger partial charge < -0.3 is 10.1 Å². The minimum absolute atomic E-state index is 0.120. The molecule has 0 amide bonds. The Morgan fingerprint density at radius 3 is 2.75 bits per heavy atom. The molecule has 0 radical (unpaired) electrons. The van der Waals surface area contributed by atoms with Gasteiger partial charge in [0.2, 0.25) is 10.0 Å². The SMILES string of the molecule is COCCCS(=O)(=O)N1CCCCC1CNCC(C)C. The number of nitrogens with one attached hydrogen (secondary N) is 1. The molecular formula is C14H30N2O3S. The lowest BCUT2D eigenvalue weighted by Gasteiger charge is -2.35. The minimum Gasteiger partial charge on any atom is -0.385 e. The Morgan fingerprint density at radius 2 is 2.10 bits per heavy atom. The Hall–Kier alpha value is -0.170. The number of hydrogen-bond acceptors (Lipinski definition) is 4. The molecule has 0 bridgehead atoms. The van der Waals surface area contributed by atoms with Crippen molar-refractivity contribution in [3.05, 3.63) is 0 Å². The van der Waals surface area contributed by atoms with Gasteiger partial charge in [0.05, 0.1) is 5.75 Å².